The molecule has 1 unspecified atom stereocenters. The summed E-state index contributed by atoms with van der Waals surface area (Å²) in [6.07, 6.45) is 5.50. The first-order chi connectivity index (χ1) is 15.0. The molecule has 8 heteroatoms. The van der Waals surface area contributed by atoms with Crippen molar-refractivity contribution < 1.29 is 14.3 Å². The zero-order valence-electron chi connectivity index (χ0n) is 17.1. The van der Waals surface area contributed by atoms with E-state index in [9.17, 15) is 9.59 Å². The van der Waals surface area contributed by atoms with Crippen molar-refractivity contribution >= 4 is 39.1 Å². The molecule has 2 heterocycles. The monoisotopic (exact) mass is 482 g/mol. The van der Waals surface area contributed by atoms with Crippen molar-refractivity contribution in [1.82, 2.24) is 9.55 Å². The summed E-state index contributed by atoms with van der Waals surface area (Å²) in [5.74, 6) is -0.0572. The molecular weight excluding hydrogens is 460 g/mol. The van der Waals surface area contributed by atoms with Crippen LogP contribution in [0.2, 0.25) is 0 Å². The smallest absolute Gasteiger partial charge is 0.229 e. The van der Waals surface area contributed by atoms with Crippen LogP contribution in [0.4, 0.5) is 11.4 Å². The molecular formula is C23H23BrN4O3. The minimum atomic E-state index is -0.421. The molecule has 4 rings (SSSR count). The average Bonchev–Trinajstić information content (AvgIpc) is 3.41. The summed E-state index contributed by atoms with van der Waals surface area (Å²) in [6, 6.07) is 13.1. The summed E-state index contributed by atoms with van der Waals surface area (Å²) >= 11 is 3.48. The van der Waals surface area contributed by atoms with Crippen LogP contribution in [-0.2, 0) is 16.1 Å². The number of hydrogen-bond donors (Lipinski definition) is 1. The zero-order chi connectivity index (χ0) is 21.8. The molecule has 0 bridgehead atoms. The molecule has 0 spiro atoms. The van der Waals surface area contributed by atoms with Gasteiger partial charge in [-0.05, 0) is 42.8 Å². The molecule has 0 saturated carbocycles. The van der Waals surface area contributed by atoms with Crippen LogP contribution in [0, 0.1) is 12.8 Å². The quantitative estimate of drug-likeness (QED) is 0.551. The van der Waals surface area contributed by atoms with Crippen molar-refractivity contribution in [3.05, 3.63) is 71.2 Å². The number of aromatic nitrogens is 2. The molecule has 3 aromatic rings. The number of imidazole rings is 1. The Hall–Kier alpha value is -3.13. The summed E-state index contributed by atoms with van der Waals surface area (Å²) in [5, 5.41) is 2.94. The van der Waals surface area contributed by atoms with Gasteiger partial charge in [-0.25, -0.2) is 4.98 Å². The van der Waals surface area contributed by atoms with E-state index in [4.69, 9.17) is 4.74 Å². The van der Waals surface area contributed by atoms with Gasteiger partial charge in [-0.2, -0.15) is 0 Å². The fraction of sp³-hybridized carbons (Fsp3) is 0.261. The van der Waals surface area contributed by atoms with E-state index in [-0.39, 0.29) is 18.2 Å². The lowest BCUT2D eigenvalue weighted by Gasteiger charge is -2.18. The van der Waals surface area contributed by atoms with Crippen molar-refractivity contribution in [2.75, 3.05) is 23.4 Å². The maximum Gasteiger partial charge on any atom is 0.229 e. The molecule has 1 aliphatic rings. The van der Waals surface area contributed by atoms with Crippen molar-refractivity contribution in [3.63, 3.8) is 0 Å². The Balaban J connectivity index is 1.39. The molecule has 31 heavy (non-hydrogen) atoms. The van der Waals surface area contributed by atoms with E-state index in [0.29, 0.717) is 31.1 Å². The topological polar surface area (TPSA) is 76.5 Å². The first-order valence-corrected chi connectivity index (χ1v) is 10.9. The van der Waals surface area contributed by atoms with Gasteiger partial charge in [-0.3, -0.25) is 9.59 Å². The fourth-order valence-corrected chi connectivity index (χ4v) is 3.79. The molecule has 2 amide bonds. The van der Waals surface area contributed by atoms with E-state index in [1.165, 1.54) is 0 Å². The van der Waals surface area contributed by atoms with Crippen LogP contribution in [0.15, 0.2) is 65.7 Å². The van der Waals surface area contributed by atoms with Crippen molar-refractivity contribution in [3.8, 4) is 5.75 Å². The lowest BCUT2D eigenvalue weighted by atomic mass is 10.1. The summed E-state index contributed by atoms with van der Waals surface area (Å²) in [6.45, 7) is 3.43. The first kappa shape index (κ1) is 21.1. The Bertz CT molecular complexity index is 1080. The molecule has 1 atom stereocenters. The summed E-state index contributed by atoms with van der Waals surface area (Å²) in [5.41, 5.74) is 2.45. The van der Waals surface area contributed by atoms with E-state index in [1.54, 1.807) is 23.5 Å². The van der Waals surface area contributed by atoms with Crippen LogP contribution in [0.3, 0.4) is 0 Å². The lowest BCUT2D eigenvalue weighted by Crippen LogP contribution is -2.28. The normalized spacial score (nSPS) is 15.9. The highest BCUT2D eigenvalue weighted by atomic mass is 79.9. The number of amides is 2. The summed E-state index contributed by atoms with van der Waals surface area (Å²) in [4.78, 5) is 31.2. The average molecular weight is 483 g/mol. The third kappa shape index (κ3) is 4.96. The van der Waals surface area contributed by atoms with Gasteiger partial charge >= 0.3 is 0 Å². The predicted octanol–water partition coefficient (Wildman–Crippen LogP) is 4.02. The Morgan fingerprint density at radius 1 is 1.29 bits per heavy atom. The van der Waals surface area contributed by atoms with Crippen LogP contribution >= 0.6 is 15.9 Å². The molecule has 160 valence electrons. The van der Waals surface area contributed by atoms with Gasteiger partial charge in [0.2, 0.25) is 11.8 Å². The van der Waals surface area contributed by atoms with E-state index < -0.39 is 5.92 Å². The number of aryl methyl sites for hydroxylation is 1. The number of anilines is 2. The number of hydrogen-bond acceptors (Lipinski definition) is 4. The van der Waals surface area contributed by atoms with Gasteiger partial charge in [0, 0.05) is 35.5 Å². The highest BCUT2D eigenvalue weighted by Crippen LogP contribution is 2.30. The molecule has 0 aliphatic carbocycles. The standard InChI is InChI=1S/C23H23BrN4O3/c1-16-12-18(6-7-19(16)24)28-14-17(13-22(28)29)23(30)26-20-4-2-3-5-21(20)31-11-10-27-9-8-25-15-27/h2-9,12,15,17H,10-11,13-14H2,1H3,(H,26,30). The Labute approximate surface area is 189 Å². The molecule has 1 N–H and O–H groups in total. The maximum absolute atomic E-state index is 12.9. The molecule has 0 radical (unpaired) electrons. The lowest BCUT2D eigenvalue weighted by molar-refractivity contribution is -0.122. The number of halogens is 1. The molecule has 1 saturated heterocycles. The van der Waals surface area contributed by atoms with Gasteiger partial charge in [0.1, 0.15) is 12.4 Å². The predicted molar refractivity (Wildman–Crippen MR) is 122 cm³/mol. The zero-order valence-corrected chi connectivity index (χ0v) is 18.7. The maximum atomic E-state index is 12.9. The molecule has 1 aromatic heterocycles. The minimum Gasteiger partial charge on any atom is -0.490 e. The first-order valence-electron chi connectivity index (χ1n) is 10.1. The van der Waals surface area contributed by atoms with Crippen molar-refractivity contribution in [2.45, 2.75) is 19.9 Å². The van der Waals surface area contributed by atoms with E-state index in [1.807, 2.05) is 54.1 Å². The van der Waals surface area contributed by atoms with Gasteiger partial charge in [0.25, 0.3) is 0 Å². The SMILES string of the molecule is Cc1cc(N2CC(C(=O)Nc3ccccc3OCCn3ccnc3)CC2=O)ccc1Br. The van der Waals surface area contributed by atoms with E-state index in [2.05, 4.69) is 26.2 Å². The van der Waals surface area contributed by atoms with Crippen LogP contribution in [-0.4, -0.2) is 34.5 Å². The largest absolute Gasteiger partial charge is 0.490 e. The molecule has 1 aliphatic heterocycles. The van der Waals surface area contributed by atoms with Crippen molar-refractivity contribution in [1.29, 1.82) is 0 Å². The van der Waals surface area contributed by atoms with Crippen LogP contribution in [0.25, 0.3) is 0 Å². The number of carbonyl (C=O) groups excluding carboxylic acids is 2. The molecule has 2 aromatic carbocycles. The minimum absolute atomic E-state index is 0.0493. The van der Waals surface area contributed by atoms with Gasteiger partial charge in [0.05, 0.1) is 24.5 Å². The van der Waals surface area contributed by atoms with Gasteiger partial charge in [-0.15, -0.1) is 0 Å². The third-order valence-electron chi connectivity index (χ3n) is 5.26. The highest BCUT2D eigenvalue weighted by Gasteiger charge is 2.35. The van der Waals surface area contributed by atoms with E-state index >= 15 is 0 Å². The van der Waals surface area contributed by atoms with Crippen LogP contribution in [0.1, 0.15) is 12.0 Å². The highest BCUT2D eigenvalue weighted by molar-refractivity contribution is 9.10. The number of nitrogens with one attached hydrogen (secondary N) is 1. The van der Waals surface area contributed by atoms with Crippen molar-refractivity contribution in [2.24, 2.45) is 5.92 Å². The van der Waals surface area contributed by atoms with Crippen LogP contribution < -0.4 is 15.0 Å². The number of para-hydroxylation sites is 2. The third-order valence-corrected chi connectivity index (χ3v) is 6.15. The summed E-state index contributed by atoms with van der Waals surface area (Å²) in [7, 11) is 0. The molecule has 7 nitrogen and oxygen atoms in total. The number of nitrogens with zero attached hydrogens (tertiary/aromatic N) is 3. The second kappa shape index (κ2) is 9.34. The van der Waals surface area contributed by atoms with Gasteiger partial charge in [0.15, 0.2) is 0 Å². The number of carbonyl (C=O) groups is 2. The number of ether oxygens (including phenoxy) is 1. The van der Waals surface area contributed by atoms with Gasteiger partial charge in [-0.1, -0.05) is 28.1 Å². The Morgan fingerprint density at radius 3 is 2.90 bits per heavy atom. The Kier molecular flexibility index (Phi) is 6.36. The second-order valence-corrected chi connectivity index (χ2v) is 8.33. The van der Waals surface area contributed by atoms with Crippen LogP contribution in [0.5, 0.6) is 5.75 Å². The number of benzene rings is 2. The molecule has 1 fully saturated rings. The van der Waals surface area contributed by atoms with E-state index in [0.717, 1.165) is 15.7 Å². The summed E-state index contributed by atoms with van der Waals surface area (Å²) < 4.78 is 8.77. The Morgan fingerprint density at radius 2 is 2.13 bits per heavy atom. The number of rotatable bonds is 7. The fourth-order valence-electron chi connectivity index (χ4n) is 3.54. The second-order valence-electron chi connectivity index (χ2n) is 7.47. The van der Waals surface area contributed by atoms with Gasteiger partial charge < -0.3 is 19.5 Å².